The molecule has 0 aliphatic heterocycles. The molecule has 0 unspecified atom stereocenters. The second kappa shape index (κ2) is 6.85. The number of nitrogens with one attached hydrogen (secondary N) is 1. The molecular weight excluding hydrogens is 301 g/mol. The van der Waals surface area contributed by atoms with E-state index in [1.54, 1.807) is 12.1 Å². The predicted molar refractivity (Wildman–Crippen MR) is 71.8 cm³/mol. The van der Waals surface area contributed by atoms with E-state index in [1.165, 1.54) is 6.07 Å². The normalized spacial score (nSPS) is 12.7. The van der Waals surface area contributed by atoms with Crippen molar-refractivity contribution in [1.82, 2.24) is 5.32 Å². The van der Waals surface area contributed by atoms with Gasteiger partial charge in [-0.1, -0.05) is 26.0 Å². The topological polar surface area (TPSA) is 49.3 Å². The standard InChI is InChI=1S/C13H17BrFNO2/c1-8(2)6-11(13(17)18)16-7-9-4-3-5-10(15)12(9)14/h3-5,8,11,16H,6-7H2,1-2H3,(H,17,18)/t11-/m0/s1. The summed E-state index contributed by atoms with van der Waals surface area (Å²) < 4.78 is 13.7. The van der Waals surface area contributed by atoms with Crippen LogP contribution in [0.1, 0.15) is 25.8 Å². The Balaban J connectivity index is 2.67. The van der Waals surface area contributed by atoms with Gasteiger partial charge in [0.15, 0.2) is 0 Å². The average molecular weight is 318 g/mol. The molecule has 0 heterocycles. The second-order valence-electron chi connectivity index (χ2n) is 4.61. The Morgan fingerprint density at radius 1 is 1.50 bits per heavy atom. The highest BCUT2D eigenvalue weighted by Crippen LogP contribution is 2.20. The molecule has 1 atom stereocenters. The van der Waals surface area contributed by atoms with Gasteiger partial charge in [0.1, 0.15) is 11.9 Å². The van der Waals surface area contributed by atoms with Crippen molar-refractivity contribution in [3.8, 4) is 0 Å². The zero-order chi connectivity index (χ0) is 13.7. The molecule has 0 bridgehead atoms. The molecule has 1 aromatic carbocycles. The first-order valence-electron chi connectivity index (χ1n) is 5.81. The van der Waals surface area contributed by atoms with Gasteiger partial charge in [-0.05, 0) is 39.9 Å². The number of hydrogen-bond donors (Lipinski definition) is 2. The van der Waals surface area contributed by atoms with Crippen LogP contribution in [0.2, 0.25) is 0 Å². The molecule has 0 spiro atoms. The second-order valence-corrected chi connectivity index (χ2v) is 5.41. The van der Waals surface area contributed by atoms with Crippen LogP contribution in [0, 0.1) is 11.7 Å². The largest absolute Gasteiger partial charge is 0.480 e. The van der Waals surface area contributed by atoms with Crippen LogP contribution < -0.4 is 5.32 Å². The third-order valence-electron chi connectivity index (χ3n) is 2.58. The molecule has 0 aromatic heterocycles. The van der Waals surface area contributed by atoms with Crippen LogP contribution in [-0.4, -0.2) is 17.1 Å². The molecule has 18 heavy (non-hydrogen) atoms. The van der Waals surface area contributed by atoms with E-state index >= 15 is 0 Å². The molecular formula is C13H17BrFNO2. The first-order chi connectivity index (χ1) is 8.41. The van der Waals surface area contributed by atoms with E-state index in [1.807, 2.05) is 13.8 Å². The van der Waals surface area contributed by atoms with E-state index in [2.05, 4.69) is 21.2 Å². The average Bonchev–Trinajstić information content (AvgIpc) is 2.28. The first kappa shape index (κ1) is 15.1. The van der Waals surface area contributed by atoms with Crippen LogP contribution in [0.15, 0.2) is 22.7 Å². The van der Waals surface area contributed by atoms with Crippen LogP contribution in [0.3, 0.4) is 0 Å². The molecule has 0 fully saturated rings. The highest BCUT2D eigenvalue weighted by Gasteiger charge is 2.18. The number of halogens is 2. The minimum atomic E-state index is -0.878. The number of hydrogen-bond acceptors (Lipinski definition) is 2. The van der Waals surface area contributed by atoms with Crippen molar-refractivity contribution in [3.63, 3.8) is 0 Å². The smallest absolute Gasteiger partial charge is 0.320 e. The summed E-state index contributed by atoms with van der Waals surface area (Å²) in [6, 6.07) is 4.11. The lowest BCUT2D eigenvalue weighted by atomic mass is 10.0. The Bertz CT molecular complexity index is 423. The fourth-order valence-corrected chi connectivity index (χ4v) is 2.07. The van der Waals surface area contributed by atoms with Gasteiger partial charge in [-0.2, -0.15) is 0 Å². The molecule has 0 amide bonds. The summed E-state index contributed by atoms with van der Waals surface area (Å²) in [5.74, 6) is -0.934. The molecule has 5 heteroatoms. The zero-order valence-corrected chi connectivity index (χ0v) is 12.0. The number of carbonyl (C=O) groups is 1. The summed E-state index contributed by atoms with van der Waals surface area (Å²) in [6.45, 7) is 4.26. The molecule has 0 aliphatic carbocycles. The summed E-state index contributed by atoms with van der Waals surface area (Å²) in [7, 11) is 0. The number of carboxylic acids is 1. The minimum Gasteiger partial charge on any atom is -0.480 e. The predicted octanol–water partition coefficient (Wildman–Crippen LogP) is 3.18. The molecule has 0 radical (unpaired) electrons. The lowest BCUT2D eigenvalue weighted by Crippen LogP contribution is -2.37. The summed E-state index contributed by atoms with van der Waals surface area (Å²) in [4.78, 5) is 11.1. The summed E-state index contributed by atoms with van der Waals surface area (Å²) in [5, 5.41) is 12.0. The van der Waals surface area contributed by atoms with E-state index in [0.717, 1.165) is 0 Å². The Hall–Kier alpha value is -0.940. The van der Waals surface area contributed by atoms with Crippen LogP contribution in [-0.2, 0) is 11.3 Å². The molecule has 1 rings (SSSR count). The van der Waals surface area contributed by atoms with Gasteiger partial charge in [0, 0.05) is 6.54 Å². The van der Waals surface area contributed by atoms with Gasteiger partial charge in [0.05, 0.1) is 4.47 Å². The molecule has 0 aliphatic rings. The third-order valence-corrected chi connectivity index (χ3v) is 3.46. The quantitative estimate of drug-likeness (QED) is 0.847. The number of carboxylic acid groups (broad SMARTS) is 1. The van der Waals surface area contributed by atoms with E-state index in [4.69, 9.17) is 5.11 Å². The van der Waals surface area contributed by atoms with E-state index < -0.39 is 12.0 Å². The monoisotopic (exact) mass is 317 g/mol. The van der Waals surface area contributed by atoms with E-state index in [9.17, 15) is 9.18 Å². The van der Waals surface area contributed by atoms with Crippen molar-refractivity contribution >= 4 is 21.9 Å². The van der Waals surface area contributed by atoms with Gasteiger partial charge in [-0.3, -0.25) is 4.79 Å². The van der Waals surface area contributed by atoms with Crippen molar-refractivity contribution in [2.75, 3.05) is 0 Å². The van der Waals surface area contributed by atoms with E-state index in [0.29, 0.717) is 23.0 Å². The zero-order valence-electron chi connectivity index (χ0n) is 10.4. The fourth-order valence-electron chi connectivity index (χ4n) is 1.66. The molecule has 100 valence electrons. The number of rotatable bonds is 6. The minimum absolute atomic E-state index is 0.287. The van der Waals surface area contributed by atoms with Gasteiger partial charge in [-0.25, -0.2) is 4.39 Å². The van der Waals surface area contributed by atoms with Crippen LogP contribution >= 0.6 is 15.9 Å². The third kappa shape index (κ3) is 4.38. The number of benzene rings is 1. The van der Waals surface area contributed by atoms with Crippen molar-refractivity contribution in [1.29, 1.82) is 0 Å². The molecule has 1 aromatic rings. The van der Waals surface area contributed by atoms with Gasteiger partial charge in [0.2, 0.25) is 0 Å². The fraction of sp³-hybridized carbons (Fsp3) is 0.462. The van der Waals surface area contributed by atoms with Crippen LogP contribution in [0.5, 0.6) is 0 Å². The molecule has 2 N–H and O–H groups in total. The highest BCUT2D eigenvalue weighted by atomic mass is 79.9. The van der Waals surface area contributed by atoms with Gasteiger partial charge >= 0.3 is 5.97 Å². The summed E-state index contributed by atoms with van der Waals surface area (Å²) in [5.41, 5.74) is 0.713. The highest BCUT2D eigenvalue weighted by molar-refractivity contribution is 9.10. The van der Waals surface area contributed by atoms with Crippen molar-refractivity contribution in [3.05, 3.63) is 34.1 Å². The number of aliphatic carboxylic acids is 1. The van der Waals surface area contributed by atoms with Crippen molar-refractivity contribution in [2.24, 2.45) is 5.92 Å². The van der Waals surface area contributed by atoms with Crippen LogP contribution in [0.4, 0.5) is 4.39 Å². The first-order valence-corrected chi connectivity index (χ1v) is 6.60. The molecule has 0 saturated heterocycles. The molecule has 3 nitrogen and oxygen atoms in total. The van der Waals surface area contributed by atoms with Crippen LogP contribution in [0.25, 0.3) is 0 Å². The Labute approximate surface area is 115 Å². The maximum Gasteiger partial charge on any atom is 0.320 e. The Morgan fingerprint density at radius 2 is 2.17 bits per heavy atom. The van der Waals surface area contributed by atoms with Crippen molar-refractivity contribution < 1.29 is 14.3 Å². The SMILES string of the molecule is CC(C)C[C@H](NCc1cccc(F)c1Br)C(=O)O. The summed E-state index contributed by atoms with van der Waals surface area (Å²) in [6.07, 6.45) is 0.544. The maximum absolute atomic E-state index is 13.3. The summed E-state index contributed by atoms with van der Waals surface area (Å²) >= 11 is 3.16. The van der Waals surface area contributed by atoms with Gasteiger partial charge in [-0.15, -0.1) is 0 Å². The lowest BCUT2D eigenvalue weighted by molar-refractivity contribution is -0.140. The van der Waals surface area contributed by atoms with Crippen molar-refractivity contribution in [2.45, 2.75) is 32.9 Å². The van der Waals surface area contributed by atoms with Gasteiger partial charge in [0.25, 0.3) is 0 Å². The Morgan fingerprint density at radius 3 is 2.72 bits per heavy atom. The lowest BCUT2D eigenvalue weighted by Gasteiger charge is -2.17. The van der Waals surface area contributed by atoms with E-state index in [-0.39, 0.29) is 11.7 Å². The molecule has 0 saturated carbocycles. The maximum atomic E-state index is 13.3. The Kier molecular flexibility index (Phi) is 5.75. The van der Waals surface area contributed by atoms with Gasteiger partial charge < -0.3 is 10.4 Å².